The van der Waals surface area contributed by atoms with Crippen molar-refractivity contribution in [1.82, 2.24) is 15.8 Å². The summed E-state index contributed by atoms with van der Waals surface area (Å²) in [5.41, 5.74) is 1.04. The van der Waals surface area contributed by atoms with E-state index in [-0.39, 0.29) is 17.6 Å². The van der Waals surface area contributed by atoms with Gasteiger partial charge < -0.3 is 15.2 Å². The summed E-state index contributed by atoms with van der Waals surface area (Å²) < 4.78 is 5.17. The number of nitrogens with zero attached hydrogens (tertiary/aromatic N) is 1. The molecule has 0 aliphatic carbocycles. The zero-order chi connectivity index (χ0) is 14.5. The largest absolute Gasteiger partial charge is 0.355 e. The lowest BCUT2D eigenvalue weighted by Crippen LogP contribution is -2.37. The van der Waals surface area contributed by atoms with Gasteiger partial charge in [0, 0.05) is 29.2 Å². The number of hydrogen-bond acceptors (Lipinski definition) is 4. The van der Waals surface area contributed by atoms with Gasteiger partial charge in [0.1, 0.15) is 0 Å². The summed E-state index contributed by atoms with van der Waals surface area (Å²) in [5, 5.41) is 10.2. The first-order valence-electron chi connectivity index (χ1n) is 6.28. The van der Waals surface area contributed by atoms with Crippen molar-refractivity contribution in [2.24, 2.45) is 0 Å². The molecule has 2 N–H and O–H groups in total. The second kappa shape index (κ2) is 6.54. The number of amides is 1. The van der Waals surface area contributed by atoms with Crippen LogP contribution in [0.3, 0.4) is 0 Å². The van der Waals surface area contributed by atoms with Gasteiger partial charge in [-0.1, -0.05) is 28.9 Å². The van der Waals surface area contributed by atoms with Crippen molar-refractivity contribution < 1.29 is 9.32 Å². The first-order chi connectivity index (χ1) is 9.60. The fourth-order valence-electron chi connectivity index (χ4n) is 1.60. The first kappa shape index (κ1) is 14.6. The highest BCUT2D eigenvalue weighted by molar-refractivity contribution is 6.30. The van der Waals surface area contributed by atoms with Gasteiger partial charge in [-0.2, -0.15) is 0 Å². The number of carbonyl (C=O) groups excluding carboxylic acids is 1. The molecule has 1 amide bonds. The summed E-state index contributed by atoms with van der Waals surface area (Å²) in [6, 6.07) is 8.98. The quantitative estimate of drug-likeness (QED) is 0.888. The van der Waals surface area contributed by atoms with E-state index in [2.05, 4.69) is 15.8 Å². The van der Waals surface area contributed by atoms with Crippen molar-refractivity contribution in [1.29, 1.82) is 0 Å². The van der Waals surface area contributed by atoms with Gasteiger partial charge in [0.05, 0.1) is 0 Å². The third-order valence-electron chi connectivity index (χ3n) is 2.91. The smallest absolute Gasteiger partial charge is 0.273 e. The van der Waals surface area contributed by atoms with Crippen LogP contribution < -0.4 is 10.6 Å². The number of benzene rings is 1. The van der Waals surface area contributed by atoms with Crippen LogP contribution in [0.5, 0.6) is 0 Å². The molecule has 5 nitrogen and oxygen atoms in total. The molecule has 106 valence electrons. The molecule has 0 saturated carbocycles. The minimum Gasteiger partial charge on any atom is -0.355 e. The average Bonchev–Trinajstić information content (AvgIpc) is 2.94. The van der Waals surface area contributed by atoms with Crippen LogP contribution in [0, 0.1) is 0 Å². The summed E-state index contributed by atoms with van der Waals surface area (Å²) in [6.07, 6.45) is 0. The lowest BCUT2D eigenvalue weighted by atomic mass is 10.1. The third kappa shape index (κ3) is 3.59. The van der Waals surface area contributed by atoms with Gasteiger partial charge >= 0.3 is 0 Å². The minimum atomic E-state index is -0.260. The number of nitrogens with one attached hydrogen (secondary N) is 2. The average molecular weight is 294 g/mol. The van der Waals surface area contributed by atoms with Gasteiger partial charge in [0.25, 0.3) is 5.91 Å². The summed E-state index contributed by atoms with van der Waals surface area (Å²) >= 11 is 5.92. The molecule has 0 saturated heterocycles. The Morgan fingerprint density at radius 1 is 1.45 bits per heavy atom. The lowest BCUT2D eigenvalue weighted by Gasteiger charge is -2.09. The van der Waals surface area contributed by atoms with Crippen LogP contribution in [0.25, 0.3) is 11.3 Å². The van der Waals surface area contributed by atoms with Crippen molar-refractivity contribution in [3.63, 3.8) is 0 Å². The highest BCUT2D eigenvalue weighted by Gasteiger charge is 2.14. The van der Waals surface area contributed by atoms with E-state index in [4.69, 9.17) is 16.1 Å². The van der Waals surface area contributed by atoms with Gasteiger partial charge in [-0.05, 0) is 26.1 Å². The highest BCUT2D eigenvalue weighted by Crippen LogP contribution is 2.23. The molecule has 1 aromatic carbocycles. The molecule has 20 heavy (non-hydrogen) atoms. The second-order valence-electron chi connectivity index (χ2n) is 4.49. The Balaban J connectivity index is 2.07. The maximum atomic E-state index is 11.9. The van der Waals surface area contributed by atoms with Gasteiger partial charge in [-0.3, -0.25) is 4.79 Å². The first-order valence-corrected chi connectivity index (χ1v) is 6.66. The Morgan fingerprint density at radius 3 is 2.95 bits per heavy atom. The predicted molar refractivity (Wildman–Crippen MR) is 77.8 cm³/mol. The number of hydrogen-bond donors (Lipinski definition) is 2. The Bertz CT molecular complexity index is 598. The van der Waals surface area contributed by atoms with E-state index in [9.17, 15) is 4.79 Å². The molecule has 1 heterocycles. The van der Waals surface area contributed by atoms with E-state index in [1.165, 1.54) is 0 Å². The van der Waals surface area contributed by atoms with Crippen LogP contribution >= 0.6 is 11.6 Å². The van der Waals surface area contributed by atoms with Crippen molar-refractivity contribution in [3.8, 4) is 11.3 Å². The van der Waals surface area contributed by atoms with Crippen LogP contribution in [0.2, 0.25) is 5.02 Å². The minimum absolute atomic E-state index is 0.193. The number of rotatable bonds is 5. The van der Waals surface area contributed by atoms with E-state index >= 15 is 0 Å². The van der Waals surface area contributed by atoms with E-state index in [1.54, 1.807) is 18.2 Å². The van der Waals surface area contributed by atoms with Crippen LogP contribution in [0.4, 0.5) is 0 Å². The standard InChI is InChI=1S/C14H16ClN3O2/c1-9(16-2)8-17-14(19)12-7-13(20-18-12)10-4-3-5-11(15)6-10/h3-7,9,16H,8H2,1-2H3,(H,17,19). The summed E-state index contributed by atoms with van der Waals surface area (Å²) in [7, 11) is 1.84. The van der Waals surface area contributed by atoms with Crippen LogP contribution in [-0.4, -0.2) is 30.7 Å². The Kier molecular flexibility index (Phi) is 4.76. The van der Waals surface area contributed by atoms with Crippen LogP contribution in [-0.2, 0) is 0 Å². The van der Waals surface area contributed by atoms with Crippen molar-refractivity contribution >= 4 is 17.5 Å². The SMILES string of the molecule is CNC(C)CNC(=O)c1cc(-c2cccc(Cl)c2)on1. The van der Waals surface area contributed by atoms with Crippen LogP contribution in [0.15, 0.2) is 34.9 Å². The molecule has 0 spiro atoms. The fourth-order valence-corrected chi connectivity index (χ4v) is 1.79. The summed E-state index contributed by atoms with van der Waals surface area (Å²) in [6.45, 7) is 2.50. The lowest BCUT2D eigenvalue weighted by molar-refractivity contribution is 0.0941. The Morgan fingerprint density at radius 2 is 2.25 bits per heavy atom. The Labute approximate surface area is 122 Å². The molecule has 0 radical (unpaired) electrons. The van der Waals surface area contributed by atoms with E-state index in [0.717, 1.165) is 5.56 Å². The molecule has 0 aliphatic rings. The molecular weight excluding hydrogens is 278 g/mol. The van der Waals surface area contributed by atoms with E-state index in [0.29, 0.717) is 17.3 Å². The maximum absolute atomic E-state index is 11.9. The Hall–Kier alpha value is -1.85. The number of carbonyl (C=O) groups is 1. The van der Waals surface area contributed by atoms with Gasteiger partial charge in [0.2, 0.25) is 0 Å². The molecule has 1 atom stereocenters. The summed E-state index contributed by atoms with van der Waals surface area (Å²) in [4.78, 5) is 11.9. The third-order valence-corrected chi connectivity index (χ3v) is 3.15. The normalized spacial score (nSPS) is 12.2. The van der Waals surface area contributed by atoms with Crippen LogP contribution in [0.1, 0.15) is 17.4 Å². The fraction of sp³-hybridized carbons (Fsp3) is 0.286. The number of halogens is 1. The van der Waals surface area contributed by atoms with Crippen molar-refractivity contribution in [3.05, 3.63) is 41.0 Å². The molecule has 1 unspecified atom stereocenters. The topological polar surface area (TPSA) is 67.2 Å². The predicted octanol–water partition coefficient (Wildman–Crippen LogP) is 2.33. The second-order valence-corrected chi connectivity index (χ2v) is 4.92. The van der Waals surface area contributed by atoms with E-state index in [1.807, 2.05) is 26.1 Å². The summed E-state index contributed by atoms with van der Waals surface area (Å²) in [5.74, 6) is 0.253. The zero-order valence-electron chi connectivity index (χ0n) is 11.3. The van der Waals surface area contributed by atoms with Gasteiger partial charge in [0.15, 0.2) is 11.5 Å². The molecule has 2 rings (SSSR count). The van der Waals surface area contributed by atoms with Gasteiger partial charge in [-0.25, -0.2) is 0 Å². The number of likely N-dealkylation sites (N-methyl/N-ethyl adjacent to an activating group) is 1. The number of aromatic nitrogens is 1. The molecule has 0 aliphatic heterocycles. The molecule has 6 heteroatoms. The molecule has 0 fully saturated rings. The zero-order valence-corrected chi connectivity index (χ0v) is 12.1. The van der Waals surface area contributed by atoms with Crippen molar-refractivity contribution in [2.45, 2.75) is 13.0 Å². The van der Waals surface area contributed by atoms with Crippen molar-refractivity contribution in [2.75, 3.05) is 13.6 Å². The molecular formula is C14H16ClN3O2. The van der Waals surface area contributed by atoms with E-state index < -0.39 is 0 Å². The monoisotopic (exact) mass is 293 g/mol. The molecule has 2 aromatic rings. The molecule has 0 bridgehead atoms. The highest BCUT2D eigenvalue weighted by atomic mass is 35.5. The van der Waals surface area contributed by atoms with Gasteiger partial charge in [-0.15, -0.1) is 0 Å². The molecule has 1 aromatic heterocycles. The maximum Gasteiger partial charge on any atom is 0.273 e.